The molecule has 0 radical (unpaired) electrons. The van der Waals surface area contributed by atoms with Crippen LogP contribution in [0.4, 0.5) is 0 Å². The van der Waals surface area contributed by atoms with Gasteiger partial charge in [-0.1, -0.05) is 68.1 Å². The monoisotopic (exact) mass is 1020 g/mol. The third-order valence-electron chi connectivity index (χ3n) is 8.69. The Balaban J connectivity index is 0.000000607. The summed E-state index contributed by atoms with van der Waals surface area (Å²) in [6.45, 7) is 0. The van der Waals surface area contributed by atoms with Gasteiger partial charge in [0, 0.05) is 21.1 Å². The van der Waals surface area contributed by atoms with Crippen LogP contribution in [0.1, 0.15) is 0 Å². The zero-order valence-corrected chi connectivity index (χ0v) is 43.1. The molecule has 0 unspecified atom stereocenters. The van der Waals surface area contributed by atoms with Crippen molar-refractivity contribution in [1.82, 2.24) is 42.0 Å². The first kappa shape index (κ1) is 51.6. The van der Waals surface area contributed by atoms with Gasteiger partial charge in [-0.05, 0) is 163 Å². The van der Waals surface area contributed by atoms with Crippen molar-refractivity contribution < 1.29 is 21.1 Å². The molecule has 0 saturated heterocycles. The van der Waals surface area contributed by atoms with E-state index in [1.165, 1.54) is 15.9 Å². The number of nitrogens with zero attached hydrogens (tertiary/aromatic N) is 12. The maximum absolute atomic E-state index is 5.62. The largest absolute Gasteiger partial charge is 0.360 e. The second-order valence-corrected chi connectivity index (χ2v) is 30.2. The number of hydrogen-bond donors (Lipinski definition) is 0. The van der Waals surface area contributed by atoms with Crippen LogP contribution in [0.2, 0.25) is 0 Å². The molecule has 12 nitrogen and oxygen atoms in total. The molecule has 0 aliphatic rings. The summed E-state index contributed by atoms with van der Waals surface area (Å²) >= 11 is 0. The second kappa shape index (κ2) is 23.2. The van der Waals surface area contributed by atoms with Crippen LogP contribution >= 0.6 is 38.8 Å². The Morgan fingerprint density at radius 3 is 0.630 bits per heavy atom. The Bertz CT molecular complexity index is 1400. The average Bonchev–Trinajstić information content (AvgIpc) is 3.08. The summed E-state index contributed by atoms with van der Waals surface area (Å²) in [5.41, 5.74) is 0. The van der Waals surface area contributed by atoms with E-state index >= 15 is 0 Å². The van der Waals surface area contributed by atoms with Gasteiger partial charge in [-0.25, -0.2) is 42.0 Å². The summed E-state index contributed by atoms with van der Waals surface area (Å²) in [5, 5.41) is 4.31. The van der Waals surface area contributed by atoms with Crippen LogP contribution in [0.5, 0.6) is 0 Å². The van der Waals surface area contributed by atoms with Crippen molar-refractivity contribution in [3.8, 4) is 0 Å². The van der Waals surface area contributed by atoms with Gasteiger partial charge in [-0.2, -0.15) is 0 Å². The van der Waals surface area contributed by atoms with E-state index < -0.39 is 38.8 Å². The van der Waals surface area contributed by atoms with Crippen LogP contribution in [0.25, 0.3) is 0 Å². The van der Waals surface area contributed by atoms with Crippen molar-refractivity contribution in [2.75, 3.05) is 127 Å². The van der Waals surface area contributed by atoms with Crippen LogP contribution in [0, 0.1) is 0 Å². The zero-order valence-electron chi connectivity index (χ0n) is 36.2. The maximum atomic E-state index is 5.62. The number of rotatable bonds is 15. The topological polar surface area (TPSA) is 66.2 Å². The van der Waals surface area contributed by atoms with Crippen molar-refractivity contribution in [2.24, 2.45) is 13.5 Å². The molecule has 0 fully saturated rings. The van der Waals surface area contributed by atoms with Gasteiger partial charge < -0.3 is 0 Å². The fourth-order valence-electron chi connectivity index (χ4n) is 6.76. The molecule has 0 amide bonds. The van der Waals surface area contributed by atoms with E-state index in [1.54, 1.807) is 0 Å². The van der Waals surface area contributed by atoms with Gasteiger partial charge in [-0.3, -0.25) is 0 Å². The molecule has 0 spiro atoms. The van der Waals surface area contributed by atoms with Crippen LogP contribution in [0.3, 0.4) is 0 Å². The molecule has 308 valence electrons. The molecule has 54 heavy (non-hydrogen) atoms. The maximum Gasteiger partial charge on any atom is 0.360 e. The Kier molecular flexibility index (Phi) is 22.2. The second-order valence-electron chi connectivity index (χ2n) is 14.3. The quantitative estimate of drug-likeness (QED) is 0.150. The minimum Gasteiger partial charge on any atom is -0.249 e. The van der Waals surface area contributed by atoms with E-state index in [2.05, 4.69) is 260 Å². The SMILES string of the molecule is CN(C)P(=N[PH+](N=P(N(C)C)(N(C)C)N(C)C)N=P(N(C)C)(N(C)C)N(C)C)(N(C)C)N(C)C.[Pt].c1ccc([PH+](c2ccccc2)c2ccccc2)cc1. The first-order valence-corrected chi connectivity index (χ1v) is 25.2. The summed E-state index contributed by atoms with van der Waals surface area (Å²) in [5.74, 6) is 0. The molecule has 0 atom stereocenters. The minimum atomic E-state index is -2.21. The number of hydrogen-bond acceptors (Lipinski definition) is 3. The van der Waals surface area contributed by atoms with Crippen molar-refractivity contribution in [2.45, 2.75) is 0 Å². The predicted molar refractivity (Wildman–Crippen MR) is 246 cm³/mol. The Hall–Kier alpha value is -0.462. The molecular formula is C36H71N12P5Pt+2. The van der Waals surface area contributed by atoms with Crippen molar-refractivity contribution in [3.63, 3.8) is 0 Å². The Labute approximate surface area is 347 Å². The molecule has 0 aliphatic carbocycles. The summed E-state index contributed by atoms with van der Waals surface area (Å²) in [4.78, 5) is 0. The van der Waals surface area contributed by atoms with E-state index in [1.807, 2.05) is 0 Å². The first-order chi connectivity index (χ1) is 24.7. The average molecular weight is 1020 g/mol. The molecule has 3 rings (SSSR count). The molecule has 3 aromatic carbocycles. The summed E-state index contributed by atoms with van der Waals surface area (Å²) in [6.07, 6.45) is 0. The summed E-state index contributed by atoms with van der Waals surface area (Å²) < 4.78 is 37.0. The molecule has 0 aliphatic heterocycles. The zero-order chi connectivity index (χ0) is 40.3. The van der Waals surface area contributed by atoms with Gasteiger partial charge in [-0.15, -0.1) is 0 Å². The molecule has 3 aromatic rings. The van der Waals surface area contributed by atoms with Gasteiger partial charge in [0.1, 0.15) is 15.9 Å². The molecular weight excluding hydrogens is 950 g/mol. The van der Waals surface area contributed by atoms with E-state index in [9.17, 15) is 0 Å². The molecule has 0 bridgehead atoms. The third kappa shape index (κ3) is 12.0. The van der Waals surface area contributed by atoms with Gasteiger partial charge in [0.05, 0.1) is 7.92 Å². The summed E-state index contributed by atoms with van der Waals surface area (Å²) in [6, 6.07) is 32.5. The fourth-order valence-corrected chi connectivity index (χ4v) is 26.7. The minimum absolute atomic E-state index is 0. The van der Waals surface area contributed by atoms with Crippen molar-refractivity contribution in [3.05, 3.63) is 91.0 Å². The summed E-state index contributed by atoms with van der Waals surface area (Å²) in [7, 11) is 28.4. The molecule has 0 N–H and O–H groups in total. The molecule has 0 saturated carbocycles. The van der Waals surface area contributed by atoms with Crippen LogP contribution in [-0.4, -0.2) is 169 Å². The van der Waals surface area contributed by atoms with Crippen LogP contribution in [0.15, 0.2) is 105 Å². The van der Waals surface area contributed by atoms with E-state index in [0.717, 1.165) is 0 Å². The van der Waals surface area contributed by atoms with Gasteiger partial charge >= 0.3 is 8.37 Å². The van der Waals surface area contributed by atoms with Crippen LogP contribution in [-0.2, 0) is 21.1 Å². The molecule has 18 heteroatoms. The van der Waals surface area contributed by atoms with Gasteiger partial charge in [0.15, 0.2) is 0 Å². The van der Waals surface area contributed by atoms with Crippen molar-refractivity contribution in [1.29, 1.82) is 0 Å². The fraction of sp³-hybridized carbons (Fsp3) is 0.500. The molecule has 0 aromatic heterocycles. The van der Waals surface area contributed by atoms with Gasteiger partial charge in [0.25, 0.3) is 0 Å². The molecule has 0 heterocycles. The normalized spacial score (nSPS) is 12.8. The van der Waals surface area contributed by atoms with Crippen molar-refractivity contribution >= 4 is 54.7 Å². The van der Waals surface area contributed by atoms with Crippen LogP contribution < -0.4 is 15.9 Å². The predicted octanol–water partition coefficient (Wildman–Crippen LogP) is 7.01. The van der Waals surface area contributed by atoms with E-state index in [0.29, 0.717) is 0 Å². The Morgan fingerprint density at radius 2 is 0.481 bits per heavy atom. The van der Waals surface area contributed by atoms with E-state index in [-0.39, 0.29) is 21.1 Å². The third-order valence-corrected chi connectivity index (χ3v) is 26.4. The number of benzene rings is 3. The van der Waals surface area contributed by atoms with Gasteiger partial charge in [0.2, 0.25) is 22.5 Å². The first-order valence-electron chi connectivity index (χ1n) is 17.6. The van der Waals surface area contributed by atoms with E-state index in [4.69, 9.17) is 13.5 Å². The smallest absolute Gasteiger partial charge is 0.249 e. The Morgan fingerprint density at radius 1 is 0.315 bits per heavy atom. The standard InChI is InChI=1S/C18H54N12P4.C18H15P.Pt/c1-22(2)32(23(3)4,24(5)6)19-31(20-33(25(7)8,26(9)10)27(11)12)21-34(28(13)14,29(15)16)30(17)18;1-4-10-16(11-5-1)19(17-12-6-2-7-13-17)18-14-8-3-9-15-18;/h1-18H3;1-15H;/p+2.